The van der Waals surface area contributed by atoms with Gasteiger partial charge in [-0.2, -0.15) is 0 Å². The van der Waals surface area contributed by atoms with Gasteiger partial charge in [0, 0.05) is 35.0 Å². The van der Waals surface area contributed by atoms with Gasteiger partial charge < -0.3 is 25.7 Å². The van der Waals surface area contributed by atoms with E-state index in [1.807, 2.05) is 0 Å². The molecule has 0 saturated heterocycles. The molecule has 1 amide bonds. The summed E-state index contributed by atoms with van der Waals surface area (Å²) in [6, 6.07) is 6.79. The molecular weight excluding hydrogens is 372 g/mol. The fourth-order valence-electron chi connectivity index (χ4n) is 2.47. The average Bonchev–Trinajstić information content (AvgIpc) is 3.00. The van der Waals surface area contributed by atoms with Crippen LogP contribution in [0.3, 0.4) is 0 Å². The van der Waals surface area contributed by atoms with Gasteiger partial charge in [-0.15, -0.1) is 11.3 Å². The van der Waals surface area contributed by atoms with E-state index in [2.05, 4.69) is 10.3 Å². The number of rotatable bonds is 5. The highest BCUT2D eigenvalue weighted by molar-refractivity contribution is 7.16. The van der Waals surface area contributed by atoms with Crippen LogP contribution in [0, 0.1) is 0 Å². The Labute approximate surface area is 157 Å². The zero-order valence-electron chi connectivity index (χ0n) is 13.7. The molecule has 0 aliphatic heterocycles. The van der Waals surface area contributed by atoms with Crippen molar-refractivity contribution in [1.29, 1.82) is 0 Å². The van der Waals surface area contributed by atoms with Crippen molar-refractivity contribution < 1.29 is 30.0 Å². The van der Waals surface area contributed by atoms with Crippen molar-refractivity contribution in [1.82, 2.24) is 4.98 Å². The first-order chi connectivity index (χ1) is 12.8. The van der Waals surface area contributed by atoms with Gasteiger partial charge in [-0.25, -0.2) is 0 Å². The first-order valence-electron chi connectivity index (χ1n) is 7.65. The summed E-state index contributed by atoms with van der Waals surface area (Å²) in [6.45, 7) is 0. The van der Waals surface area contributed by atoms with Crippen LogP contribution in [0.15, 0.2) is 42.7 Å². The monoisotopic (exact) mass is 386 g/mol. The van der Waals surface area contributed by atoms with Gasteiger partial charge in [0.1, 0.15) is 17.2 Å². The number of carboxylic acids is 1. The number of hydrogen-bond acceptors (Lipinski definition) is 7. The molecule has 0 aliphatic rings. The molecule has 0 spiro atoms. The Bertz CT molecular complexity index is 1010. The van der Waals surface area contributed by atoms with Gasteiger partial charge in [-0.05, 0) is 18.2 Å². The van der Waals surface area contributed by atoms with E-state index in [4.69, 9.17) is 5.11 Å². The number of carbonyl (C=O) groups excluding carboxylic acids is 1. The molecule has 2 heterocycles. The number of benzene rings is 1. The number of aromatic hydroxyl groups is 3. The Kier molecular flexibility index (Phi) is 4.95. The Morgan fingerprint density at radius 3 is 2.41 bits per heavy atom. The summed E-state index contributed by atoms with van der Waals surface area (Å²) in [5.74, 6) is -2.46. The summed E-state index contributed by atoms with van der Waals surface area (Å²) < 4.78 is 0. The SMILES string of the molecule is O=C(O)Cc1ccc(NC(=O)c2cncc(-c3c(O)cc(O)cc3O)c2)s1. The van der Waals surface area contributed by atoms with Gasteiger partial charge in [-0.1, -0.05) is 0 Å². The maximum atomic E-state index is 12.4. The predicted octanol–water partition coefficient (Wildman–Crippen LogP) is 2.81. The Balaban J connectivity index is 1.84. The minimum Gasteiger partial charge on any atom is -0.508 e. The maximum Gasteiger partial charge on any atom is 0.308 e. The highest BCUT2D eigenvalue weighted by Gasteiger charge is 2.15. The smallest absolute Gasteiger partial charge is 0.308 e. The van der Waals surface area contributed by atoms with Crippen molar-refractivity contribution in [2.24, 2.45) is 0 Å². The van der Waals surface area contributed by atoms with Crippen LogP contribution in [0.4, 0.5) is 5.00 Å². The Morgan fingerprint density at radius 2 is 1.74 bits per heavy atom. The first-order valence-corrected chi connectivity index (χ1v) is 8.47. The fraction of sp³-hybridized carbons (Fsp3) is 0.0556. The van der Waals surface area contributed by atoms with E-state index >= 15 is 0 Å². The molecule has 3 rings (SSSR count). The topological polar surface area (TPSA) is 140 Å². The second-order valence-corrected chi connectivity index (χ2v) is 6.78. The predicted molar refractivity (Wildman–Crippen MR) is 98.3 cm³/mol. The molecule has 0 bridgehead atoms. The molecule has 0 radical (unpaired) electrons. The lowest BCUT2D eigenvalue weighted by Gasteiger charge is -2.09. The first kappa shape index (κ1) is 18.2. The molecule has 8 nitrogen and oxygen atoms in total. The molecule has 0 aliphatic carbocycles. The van der Waals surface area contributed by atoms with Crippen LogP contribution in [-0.4, -0.2) is 37.3 Å². The van der Waals surface area contributed by atoms with Gasteiger partial charge in [-0.3, -0.25) is 14.6 Å². The van der Waals surface area contributed by atoms with Crippen LogP contribution < -0.4 is 5.32 Å². The number of carbonyl (C=O) groups is 2. The van der Waals surface area contributed by atoms with E-state index in [1.165, 1.54) is 18.5 Å². The number of anilines is 1. The molecule has 0 unspecified atom stereocenters. The number of phenolic OH excluding ortho intramolecular Hbond substituents is 3. The van der Waals surface area contributed by atoms with Crippen LogP contribution in [0.5, 0.6) is 17.2 Å². The molecule has 1 aromatic carbocycles. The normalized spacial score (nSPS) is 10.5. The van der Waals surface area contributed by atoms with E-state index < -0.39 is 11.9 Å². The zero-order chi connectivity index (χ0) is 19.6. The van der Waals surface area contributed by atoms with Crippen LogP contribution >= 0.6 is 11.3 Å². The van der Waals surface area contributed by atoms with Gasteiger partial charge >= 0.3 is 5.97 Å². The fourth-order valence-corrected chi connectivity index (χ4v) is 3.36. The third-order valence-electron chi connectivity index (χ3n) is 3.59. The lowest BCUT2D eigenvalue weighted by molar-refractivity contribution is -0.136. The van der Waals surface area contributed by atoms with Crippen LogP contribution in [0.25, 0.3) is 11.1 Å². The second kappa shape index (κ2) is 7.34. The summed E-state index contributed by atoms with van der Waals surface area (Å²) in [7, 11) is 0. The number of aromatic nitrogens is 1. The van der Waals surface area contributed by atoms with Crippen molar-refractivity contribution >= 4 is 28.2 Å². The number of thiophene rings is 1. The third kappa shape index (κ3) is 4.15. The Morgan fingerprint density at radius 1 is 1.04 bits per heavy atom. The number of pyridine rings is 1. The van der Waals surface area contributed by atoms with E-state index in [0.29, 0.717) is 9.88 Å². The maximum absolute atomic E-state index is 12.4. The minimum atomic E-state index is -0.958. The van der Waals surface area contributed by atoms with E-state index in [9.17, 15) is 24.9 Å². The molecule has 9 heteroatoms. The van der Waals surface area contributed by atoms with E-state index in [1.54, 1.807) is 12.1 Å². The van der Waals surface area contributed by atoms with Gasteiger partial charge in [0.25, 0.3) is 5.91 Å². The Hall–Kier alpha value is -3.59. The molecule has 5 N–H and O–H groups in total. The minimum absolute atomic E-state index is 0.0369. The summed E-state index contributed by atoms with van der Waals surface area (Å²) in [5, 5.41) is 41.3. The summed E-state index contributed by atoms with van der Waals surface area (Å²) in [4.78, 5) is 27.7. The molecule has 3 aromatic rings. The zero-order valence-corrected chi connectivity index (χ0v) is 14.5. The van der Waals surface area contributed by atoms with Gasteiger partial charge in [0.15, 0.2) is 0 Å². The average molecular weight is 386 g/mol. The lowest BCUT2D eigenvalue weighted by Crippen LogP contribution is -2.11. The van der Waals surface area contributed by atoms with Crippen LogP contribution in [0.2, 0.25) is 0 Å². The van der Waals surface area contributed by atoms with Crippen LogP contribution in [0.1, 0.15) is 15.2 Å². The highest BCUT2D eigenvalue weighted by atomic mass is 32.1. The van der Waals surface area contributed by atoms with Crippen molar-refractivity contribution in [3.05, 3.63) is 53.2 Å². The number of nitrogens with one attached hydrogen (secondary N) is 1. The molecular formula is C18H14N2O6S. The standard InChI is InChI=1S/C18H14N2O6S/c21-11-4-13(22)17(14(23)5-11)9-3-10(8-19-7-9)18(26)20-15-2-1-12(27-15)6-16(24)25/h1-5,7-8,21-23H,6H2,(H,20,26)(H,24,25). The molecule has 27 heavy (non-hydrogen) atoms. The number of aliphatic carboxylic acids is 1. The summed E-state index contributed by atoms with van der Waals surface area (Å²) in [6.07, 6.45) is 2.55. The summed E-state index contributed by atoms with van der Waals surface area (Å²) in [5.41, 5.74) is 0.498. The summed E-state index contributed by atoms with van der Waals surface area (Å²) >= 11 is 1.15. The van der Waals surface area contributed by atoms with E-state index in [0.717, 1.165) is 23.5 Å². The number of nitrogens with zero attached hydrogens (tertiary/aromatic N) is 1. The molecule has 0 atom stereocenters. The van der Waals surface area contributed by atoms with Crippen molar-refractivity contribution in [3.8, 4) is 28.4 Å². The van der Waals surface area contributed by atoms with Crippen molar-refractivity contribution in [2.45, 2.75) is 6.42 Å². The third-order valence-corrected chi connectivity index (χ3v) is 4.60. The molecule has 0 saturated carbocycles. The quantitative estimate of drug-likeness (QED) is 0.454. The van der Waals surface area contributed by atoms with Gasteiger partial charge in [0.05, 0.1) is 22.5 Å². The number of phenols is 3. The number of hydrogen-bond donors (Lipinski definition) is 5. The molecule has 2 aromatic heterocycles. The molecule has 0 fully saturated rings. The van der Waals surface area contributed by atoms with Crippen molar-refractivity contribution in [3.63, 3.8) is 0 Å². The largest absolute Gasteiger partial charge is 0.508 e. The number of carboxylic acid groups (broad SMARTS) is 1. The molecule has 138 valence electrons. The van der Waals surface area contributed by atoms with Crippen LogP contribution in [-0.2, 0) is 11.2 Å². The highest BCUT2D eigenvalue weighted by Crippen LogP contribution is 2.40. The van der Waals surface area contributed by atoms with Crippen molar-refractivity contribution in [2.75, 3.05) is 5.32 Å². The van der Waals surface area contributed by atoms with Gasteiger partial charge in [0.2, 0.25) is 0 Å². The van der Waals surface area contributed by atoms with E-state index in [-0.39, 0.29) is 40.4 Å². The lowest BCUT2D eigenvalue weighted by atomic mass is 10.0. The number of amides is 1. The second-order valence-electron chi connectivity index (χ2n) is 5.61.